The van der Waals surface area contributed by atoms with E-state index in [4.69, 9.17) is 0 Å². The Morgan fingerprint density at radius 1 is 1.58 bits per heavy atom. The second-order valence-corrected chi connectivity index (χ2v) is 2.76. The third-order valence-electron chi connectivity index (χ3n) is 1.94. The Labute approximate surface area is 68.7 Å². The lowest BCUT2D eigenvalue weighted by Gasteiger charge is -2.32. The van der Waals surface area contributed by atoms with Crippen molar-refractivity contribution in [3.63, 3.8) is 0 Å². The van der Waals surface area contributed by atoms with Crippen LogP contribution in [-0.4, -0.2) is 28.2 Å². The van der Waals surface area contributed by atoms with Gasteiger partial charge in [-0.15, -0.1) is 0 Å². The molecular weight excluding hydrogens is 158 g/mol. The molecule has 0 aromatic carbocycles. The Morgan fingerprint density at radius 2 is 2.33 bits per heavy atom. The van der Waals surface area contributed by atoms with E-state index in [0.717, 1.165) is 19.5 Å². The molecule has 5 heteroatoms. The zero-order valence-corrected chi connectivity index (χ0v) is 6.45. The smallest absolute Gasteiger partial charge is 0.346 e. The SMILES string of the molecule is O=c1ncc(O)c(N2CCC2)[nH]1. The molecule has 1 aliphatic rings. The van der Waals surface area contributed by atoms with Crippen molar-refractivity contribution in [3.05, 3.63) is 16.7 Å². The summed E-state index contributed by atoms with van der Waals surface area (Å²) in [7, 11) is 0. The number of nitrogens with zero attached hydrogens (tertiary/aromatic N) is 2. The van der Waals surface area contributed by atoms with Gasteiger partial charge < -0.3 is 10.0 Å². The lowest BCUT2D eigenvalue weighted by molar-refractivity contribution is 0.461. The standard InChI is InChI=1S/C7H9N3O2/c11-5-4-8-7(12)9-6(5)10-2-1-3-10/h4,11H,1-3H2,(H,8,9,12). The van der Waals surface area contributed by atoms with Crippen LogP contribution in [0.5, 0.6) is 5.75 Å². The largest absolute Gasteiger partial charge is 0.503 e. The van der Waals surface area contributed by atoms with E-state index in [1.807, 2.05) is 4.90 Å². The third kappa shape index (κ3) is 1.03. The van der Waals surface area contributed by atoms with E-state index < -0.39 is 5.69 Å². The highest BCUT2D eigenvalue weighted by atomic mass is 16.3. The van der Waals surface area contributed by atoms with Crippen LogP contribution >= 0.6 is 0 Å². The van der Waals surface area contributed by atoms with Crippen molar-refractivity contribution in [2.24, 2.45) is 0 Å². The average molecular weight is 167 g/mol. The first-order chi connectivity index (χ1) is 5.77. The van der Waals surface area contributed by atoms with Crippen LogP contribution in [0.1, 0.15) is 6.42 Å². The minimum atomic E-state index is -0.422. The number of aromatic nitrogens is 2. The molecule has 2 heterocycles. The monoisotopic (exact) mass is 167 g/mol. The van der Waals surface area contributed by atoms with Crippen LogP contribution in [0.2, 0.25) is 0 Å². The summed E-state index contributed by atoms with van der Waals surface area (Å²) in [4.78, 5) is 18.6. The van der Waals surface area contributed by atoms with E-state index in [-0.39, 0.29) is 5.75 Å². The average Bonchev–Trinajstić information content (AvgIpc) is 1.93. The summed E-state index contributed by atoms with van der Waals surface area (Å²) in [6, 6.07) is 0. The molecule has 0 aliphatic carbocycles. The first kappa shape index (κ1) is 7.15. The second kappa shape index (κ2) is 2.51. The maximum Gasteiger partial charge on any atom is 0.346 e. The van der Waals surface area contributed by atoms with Gasteiger partial charge in [-0.05, 0) is 6.42 Å². The predicted octanol–water partition coefficient (Wildman–Crippen LogP) is -0.314. The molecule has 0 saturated carbocycles. The van der Waals surface area contributed by atoms with Gasteiger partial charge >= 0.3 is 5.69 Å². The highest BCUT2D eigenvalue weighted by Gasteiger charge is 2.18. The van der Waals surface area contributed by atoms with E-state index in [9.17, 15) is 9.90 Å². The molecule has 1 saturated heterocycles. The van der Waals surface area contributed by atoms with Crippen molar-refractivity contribution in [2.45, 2.75) is 6.42 Å². The summed E-state index contributed by atoms with van der Waals surface area (Å²) in [5.41, 5.74) is -0.422. The minimum Gasteiger partial charge on any atom is -0.503 e. The molecule has 64 valence electrons. The molecule has 2 rings (SSSR count). The maximum atomic E-state index is 10.8. The fourth-order valence-electron chi connectivity index (χ4n) is 1.16. The van der Waals surface area contributed by atoms with E-state index in [0.29, 0.717) is 5.82 Å². The summed E-state index contributed by atoms with van der Waals surface area (Å²) >= 11 is 0. The zero-order valence-electron chi connectivity index (χ0n) is 6.45. The van der Waals surface area contributed by atoms with E-state index in [2.05, 4.69) is 9.97 Å². The van der Waals surface area contributed by atoms with Crippen molar-refractivity contribution in [3.8, 4) is 5.75 Å². The number of hydrogen-bond acceptors (Lipinski definition) is 4. The van der Waals surface area contributed by atoms with Crippen LogP contribution < -0.4 is 10.6 Å². The first-order valence-corrected chi connectivity index (χ1v) is 3.80. The topological polar surface area (TPSA) is 69.2 Å². The van der Waals surface area contributed by atoms with Gasteiger partial charge in [-0.25, -0.2) is 4.79 Å². The predicted molar refractivity (Wildman–Crippen MR) is 43.4 cm³/mol. The Bertz CT molecular complexity index is 343. The number of anilines is 1. The quantitative estimate of drug-likeness (QED) is 0.601. The van der Waals surface area contributed by atoms with E-state index >= 15 is 0 Å². The molecule has 0 unspecified atom stereocenters. The van der Waals surface area contributed by atoms with E-state index in [1.165, 1.54) is 6.20 Å². The summed E-state index contributed by atoms with van der Waals surface area (Å²) in [6.45, 7) is 1.76. The Balaban J connectivity index is 2.40. The van der Waals surface area contributed by atoms with Gasteiger partial charge in [0.25, 0.3) is 0 Å². The fraction of sp³-hybridized carbons (Fsp3) is 0.429. The highest BCUT2D eigenvalue weighted by Crippen LogP contribution is 2.25. The molecule has 0 amide bonds. The summed E-state index contributed by atoms with van der Waals surface area (Å²) < 4.78 is 0. The van der Waals surface area contributed by atoms with Crippen molar-refractivity contribution >= 4 is 5.82 Å². The first-order valence-electron chi connectivity index (χ1n) is 3.80. The van der Waals surface area contributed by atoms with Crippen molar-refractivity contribution in [2.75, 3.05) is 18.0 Å². The van der Waals surface area contributed by atoms with E-state index in [1.54, 1.807) is 0 Å². The number of hydrogen-bond donors (Lipinski definition) is 2. The molecule has 1 aromatic heterocycles. The van der Waals surface area contributed by atoms with Crippen molar-refractivity contribution in [1.29, 1.82) is 0 Å². The number of aromatic amines is 1. The third-order valence-corrected chi connectivity index (χ3v) is 1.94. The molecule has 0 radical (unpaired) electrons. The fourth-order valence-corrected chi connectivity index (χ4v) is 1.16. The molecule has 12 heavy (non-hydrogen) atoms. The summed E-state index contributed by atoms with van der Waals surface area (Å²) in [5, 5.41) is 9.30. The Kier molecular flexibility index (Phi) is 1.49. The molecule has 0 bridgehead atoms. The molecule has 1 fully saturated rings. The van der Waals surface area contributed by atoms with Gasteiger partial charge in [-0.1, -0.05) is 0 Å². The Morgan fingerprint density at radius 3 is 2.92 bits per heavy atom. The molecule has 5 nitrogen and oxygen atoms in total. The molecule has 0 spiro atoms. The van der Waals surface area contributed by atoms with Crippen LogP contribution in [0.3, 0.4) is 0 Å². The zero-order chi connectivity index (χ0) is 8.55. The van der Waals surface area contributed by atoms with Crippen LogP contribution in [0.4, 0.5) is 5.82 Å². The van der Waals surface area contributed by atoms with Crippen LogP contribution in [0.15, 0.2) is 11.0 Å². The van der Waals surface area contributed by atoms with Gasteiger partial charge in [0.1, 0.15) is 0 Å². The van der Waals surface area contributed by atoms with Crippen molar-refractivity contribution < 1.29 is 5.11 Å². The molecular formula is C7H9N3O2. The highest BCUT2D eigenvalue weighted by molar-refractivity contribution is 5.51. The number of rotatable bonds is 1. The van der Waals surface area contributed by atoms with Crippen LogP contribution in [0.25, 0.3) is 0 Å². The van der Waals surface area contributed by atoms with Gasteiger partial charge in [0.15, 0.2) is 11.6 Å². The number of nitrogens with one attached hydrogen (secondary N) is 1. The number of aromatic hydroxyl groups is 1. The maximum absolute atomic E-state index is 10.8. The minimum absolute atomic E-state index is 0.0364. The molecule has 2 N–H and O–H groups in total. The van der Waals surface area contributed by atoms with Gasteiger partial charge in [-0.2, -0.15) is 4.98 Å². The van der Waals surface area contributed by atoms with Crippen LogP contribution in [0, 0.1) is 0 Å². The van der Waals surface area contributed by atoms with Crippen molar-refractivity contribution in [1.82, 2.24) is 9.97 Å². The summed E-state index contributed by atoms with van der Waals surface area (Å²) in [5.74, 6) is 0.524. The Hall–Kier alpha value is -1.52. The molecule has 1 aliphatic heterocycles. The summed E-state index contributed by atoms with van der Waals surface area (Å²) in [6.07, 6.45) is 2.27. The van der Waals surface area contributed by atoms with Gasteiger partial charge in [0.05, 0.1) is 6.20 Å². The lowest BCUT2D eigenvalue weighted by Crippen LogP contribution is -2.38. The van der Waals surface area contributed by atoms with Gasteiger partial charge in [-0.3, -0.25) is 4.98 Å². The van der Waals surface area contributed by atoms with Gasteiger partial charge in [0, 0.05) is 13.1 Å². The molecule has 1 aromatic rings. The van der Waals surface area contributed by atoms with Crippen LogP contribution in [-0.2, 0) is 0 Å². The number of H-pyrrole nitrogens is 1. The van der Waals surface area contributed by atoms with Gasteiger partial charge in [0.2, 0.25) is 0 Å². The molecule has 0 atom stereocenters. The lowest BCUT2D eigenvalue weighted by atomic mass is 10.2. The normalized spacial score (nSPS) is 15.8. The second-order valence-electron chi connectivity index (χ2n) is 2.76.